The Hall–Kier alpha value is -1.16. The fourth-order valence-electron chi connectivity index (χ4n) is 1.38. The topological polar surface area (TPSA) is 63.8 Å². The van der Waals surface area contributed by atoms with Gasteiger partial charge in [-0.15, -0.1) is 0 Å². The van der Waals surface area contributed by atoms with Gasteiger partial charge in [-0.25, -0.2) is 9.97 Å². The van der Waals surface area contributed by atoms with Crippen LogP contribution in [0.25, 0.3) is 0 Å². The molecule has 16 heavy (non-hydrogen) atoms. The largest absolute Gasteiger partial charge is 0.354 e. The molecule has 0 radical (unpaired) electrons. The van der Waals surface area contributed by atoms with Gasteiger partial charge in [-0.2, -0.15) is 0 Å². The van der Waals surface area contributed by atoms with Crippen LogP contribution in [-0.2, 0) is 0 Å². The Morgan fingerprint density at radius 1 is 1.31 bits per heavy atom. The lowest BCUT2D eigenvalue weighted by Crippen LogP contribution is -2.20. The maximum atomic E-state index is 5.68. The summed E-state index contributed by atoms with van der Waals surface area (Å²) in [6.45, 7) is 9.07. The van der Waals surface area contributed by atoms with Gasteiger partial charge in [-0.1, -0.05) is 13.8 Å². The molecule has 0 aliphatic rings. The van der Waals surface area contributed by atoms with E-state index in [9.17, 15) is 0 Å². The normalized spacial score (nSPS) is 12.9. The fourth-order valence-corrected chi connectivity index (χ4v) is 1.38. The van der Waals surface area contributed by atoms with Crippen LogP contribution in [0, 0.1) is 6.92 Å². The van der Waals surface area contributed by atoms with Gasteiger partial charge in [0.15, 0.2) is 0 Å². The first-order valence-electron chi connectivity index (χ1n) is 5.84. The van der Waals surface area contributed by atoms with Crippen LogP contribution in [0.15, 0.2) is 6.07 Å². The van der Waals surface area contributed by atoms with E-state index in [0.717, 1.165) is 24.4 Å². The lowest BCUT2D eigenvalue weighted by molar-refractivity contribution is 0.686. The van der Waals surface area contributed by atoms with E-state index in [4.69, 9.17) is 5.73 Å². The zero-order chi connectivity index (χ0) is 12.1. The minimum atomic E-state index is 0.210. The molecule has 0 spiro atoms. The summed E-state index contributed by atoms with van der Waals surface area (Å²) in [4.78, 5) is 8.82. The highest BCUT2D eigenvalue weighted by Gasteiger charge is 2.05. The zero-order valence-corrected chi connectivity index (χ0v) is 10.6. The van der Waals surface area contributed by atoms with E-state index in [2.05, 4.69) is 29.1 Å². The predicted octanol–water partition coefficient (Wildman–Crippen LogP) is 2.06. The van der Waals surface area contributed by atoms with Crippen molar-refractivity contribution < 1.29 is 0 Å². The highest BCUT2D eigenvalue weighted by atomic mass is 15.1. The molecule has 1 unspecified atom stereocenters. The molecule has 4 nitrogen and oxygen atoms in total. The number of nitrogens with two attached hydrogens (primary N) is 1. The first kappa shape index (κ1) is 12.9. The standard InChI is InChI=1S/C12H22N4/c1-8(2)11-7-10(4)15-12(16-11)14-6-5-9(3)13/h7-9H,5-6,13H2,1-4H3,(H,14,15,16). The second kappa shape index (κ2) is 5.80. The van der Waals surface area contributed by atoms with E-state index in [1.54, 1.807) is 0 Å². The number of aromatic nitrogens is 2. The molecule has 1 heterocycles. The van der Waals surface area contributed by atoms with Crippen molar-refractivity contribution in [2.45, 2.75) is 46.1 Å². The van der Waals surface area contributed by atoms with Crippen molar-refractivity contribution >= 4 is 5.95 Å². The summed E-state index contributed by atoms with van der Waals surface area (Å²) in [6, 6.07) is 2.24. The lowest BCUT2D eigenvalue weighted by Gasteiger charge is -2.10. The molecule has 4 heteroatoms. The van der Waals surface area contributed by atoms with Crippen LogP contribution in [0.3, 0.4) is 0 Å². The molecule has 0 aliphatic carbocycles. The average Bonchev–Trinajstić information content (AvgIpc) is 2.16. The van der Waals surface area contributed by atoms with Crippen LogP contribution < -0.4 is 11.1 Å². The van der Waals surface area contributed by atoms with E-state index < -0.39 is 0 Å². The molecule has 1 rings (SSSR count). The Bertz CT molecular complexity index is 334. The highest BCUT2D eigenvalue weighted by Crippen LogP contribution is 2.14. The Morgan fingerprint density at radius 2 is 2.00 bits per heavy atom. The van der Waals surface area contributed by atoms with E-state index in [0.29, 0.717) is 11.9 Å². The Labute approximate surface area is 97.7 Å². The summed E-state index contributed by atoms with van der Waals surface area (Å²) in [5.74, 6) is 1.14. The molecular weight excluding hydrogens is 200 g/mol. The molecule has 0 saturated heterocycles. The lowest BCUT2D eigenvalue weighted by atomic mass is 10.1. The second-order valence-electron chi connectivity index (χ2n) is 4.61. The SMILES string of the molecule is Cc1cc(C(C)C)nc(NCCC(C)N)n1. The van der Waals surface area contributed by atoms with Crippen molar-refractivity contribution in [2.24, 2.45) is 5.73 Å². The zero-order valence-electron chi connectivity index (χ0n) is 10.6. The molecule has 1 atom stereocenters. The summed E-state index contributed by atoms with van der Waals surface area (Å²) < 4.78 is 0. The molecule has 1 aromatic rings. The molecule has 0 saturated carbocycles. The monoisotopic (exact) mass is 222 g/mol. The Morgan fingerprint density at radius 3 is 2.56 bits per heavy atom. The van der Waals surface area contributed by atoms with Crippen LogP contribution in [-0.4, -0.2) is 22.6 Å². The van der Waals surface area contributed by atoms with Crippen molar-refractivity contribution in [3.05, 3.63) is 17.5 Å². The number of aryl methyl sites for hydroxylation is 1. The number of hydrogen-bond acceptors (Lipinski definition) is 4. The molecule has 3 N–H and O–H groups in total. The third-order valence-corrected chi connectivity index (χ3v) is 2.35. The molecule has 0 fully saturated rings. The van der Waals surface area contributed by atoms with Gasteiger partial charge in [0.25, 0.3) is 0 Å². The van der Waals surface area contributed by atoms with Gasteiger partial charge >= 0.3 is 0 Å². The fraction of sp³-hybridized carbons (Fsp3) is 0.667. The molecular formula is C12H22N4. The number of hydrogen-bond donors (Lipinski definition) is 2. The van der Waals surface area contributed by atoms with Gasteiger partial charge in [0, 0.05) is 24.0 Å². The Balaban J connectivity index is 2.65. The highest BCUT2D eigenvalue weighted by molar-refractivity contribution is 5.28. The molecule has 1 aromatic heterocycles. The van der Waals surface area contributed by atoms with E-state index in [-0.39, 0.29) is 6.04 Å². The summed E-state index contributed by atoms with van der Waals surface area (Å²) in [5.41, 5.74) is 7.77. The number of anilines is 1. The smallest absolute Gasteiger partial charge is 0.223 e. The van der Waals surface area contributed by atoms with Crippen LogP contribution >= 0.6 is 0 Å². The second-order valence-corrected chi connectivity index (χ2v) is 4.61. The first-order chi connectivity index (χ1) is 7.49. The van der Waals surface area contributed by atoms with Gasteiger partial charge in [-0.05, 0) is 32.3 Å². The summed E-state index contributed by atoms with van der Waals surface area (Å²) >= 11 is 0. The van der Waals surface area contributed by atoms with E-state index in [1.165, 1.54) is 0 Å². The maximum Gasteiger partial charge on any atom is 0.223 e. The minimum absolute atomic E-state index is 0.210. The van der Waals surface area contributed by atoms with Crippen LogP contribution in [0.1, 0.15) is 44.5 Å². The van der Waals surface area contributed by atoms with Crippen LogP contribution in [0.5, 0.6) is 0 Å². The third-order valence-electron chi connectivity index (χ3n) is 2.35. The van der Waals surface area contributed by atoms with Gasteiger partial charge < -0.3 is 11.1 Å². The van der Waals surface area contributed by atoms with Gasteiger partial charge in [-0.3, -0.25) is 0 Å². The van der Waals surface area contributed by atoms with Crippen molar-refractivity contribution in [1.29, 1.82) is 0 Å². The van der Waals surface area contributed by atoms with Crippen molar-refractivity contribution in [1.82, 2.24) is 9.97 Å². The third kappa shape index (κ3) is 4.14. The maximum absolute atomic E-state index is 5.68. The molecule has 0 bridgehead atoms. The average molecular weight is 222 g/mol. The van der Waals surface area contributed by atoms with Gasteiger partial charge in [0.1, 0.15) is 0 Å². The van der Waals surface area contributed by atoms with Gasteiger partial charge in [0.2, 0.25) is 5.95 Å². The van der Waals surface area contributed by atoms with Crippen molar-refractivity contribution in [2.75, 3.05) is 11.9 Å². The minimum Gasteiger partial charge on any atom is -0.354 e. The van der Waals surface area contributed by atoms with Crippen LogP contribution in [0.4, 0.5) is 5.95 Å². The summed E-state index contributed by atoms with van der Waals surface area (Å²) in [7, 11) is 0. The van der Waals surface area contributed by atoms with Crippen molar-refractivity contribution in [3.8, 4) is 0 Å². The molecule has 0 aliphatic heterocycles. The number of nitrogens with one attached hydrogen (secondary N) is 1. The van der Waals surface area contributed by atoms with Crippen molar-refractivity contribution in [3.63, 3.8) is 0 Å². The number of nitrogens with zero attached hydrogens (tertiary/aromatic N) is 2. The van der Waals surface area contributed by atoms with E-state index >= 15 is 0 Å². The van der Waals surface area contributed by atoms with E-state index in [1.807, 2.05) is 19.9 Å². The molecule has 0 aromatic carbocycles. The first-order valence-corrected chi connectivity index (χ1v) is 5.84. The number of rotatable bonds is 5. The Kier molecular flexibility index (Phi) is 4.68. The predicted molar refractivity (Wildman–Crippen MR) is 67.6 cm³/mol. The summed E-state index contributed by atoms with van der Waals surface area (Å²) in [5, 5.41) is 3.21. The summed E-state index contributed by atoms with van der Waals surface area (Å²) in [6.07, 6.45) is 0.925. The molecule has 0 amide bonds. The van der Waals surface area contributed by atoms with Crippen LogP contribution in [0.2, 0.25) is 0 Å². The van der Waals surface area contributed by atoms with Gasteiger partial charge in [0.05, 0.1) is 0 Å². The molecule has 90 valence electrons. The quantitative estimate of drug-likeness (QED) is 0.800.